The molecule has 0 saturated carbocycles. The molecule has 0 heteroatoms. The molecule has 0 spiro atoms. The smallest absolute Gasteiger partial charge is 0.0351 e. The van der Waals surface area contributed by atoms with Crippen LogP contribution in [0.5, 0.6) is 0 Å². The Morgan fingerprint density at radius 3 is 1.65 bits per heavy atom. The molecule has 0 unspecified atom stereocenters. The first-order valence-corrected chi connectivity index (χ1v) is 7.67. The minimum Gasteiger partial charge on any atom is -0.103 e. The van der Waals surface area contributed by atoms with Gasteiger partial charge < -0.3 is 0 Å². The Labute approximate surface area is 109 Å². The molecule has 0 radical (unpaired) electrons. The van der Waals surface area contributed by atoms with E-state index in [-0.39, 0.29) is 0 Å². The van der Waals surface area contributed by atoms with Gasteiger partial charge in [0.25, 0.3) is 0 Å². The summed E-state index contributed by atoms with van der Waals surface area (Å²) in [6, 6.07) is 0. The minimum atomic E-state index is 1.20. The summed E-state index contributed by atoms with van der Waals surface area (Å²) in [7, 11) is 0. The first kappa shape index (κ1) is 16.5. The Morgan fingerprint density at radius 1 is 0.647 bits per heavy atom. The molecule has 0 bridgehead atoms. The summed E-state index contributed by atoms with van der Waals surface area (Å²) < 4.78 is 0. The van der Waals surface area contributed by atoms with Crippen molar-refractivity contribution in [2.75, 3.05) is 0 Å². The van der Waals surface area contributed by atoms with E-state index in [0.29, 0.717) is 0 Å². The van der Waals surface area contributed by atoms with Gasteiger partial charge in [-0.3, -0.25) is 0 Å². The van der Waals surface area contributed by atoms with Crippen LogP contribution in [0.3, 0.4) is 0 Å². The Morgan fingerprint density at radius 2 is 1.12 bits per heavy atom. The average molecular weight is 236 g/mol. The highest BCUT2D eigenvalue weighted by atomic mass is 14.0. The number of unbranched alkanes of at least 4 members (excludes halogenated alkanes) is 10. The van der Waals surface area contributed by atoms with E-state index in [0.717, 1.165) is 0 Å². The maximum absolute atomic E-state index is 3.75. The zero-order valence-corrected chi connectivity index (χ0v) is 11.9. The van der Waals surface area contributed by atoms with E-state index in [1.54, 1.807) is 0 Å². The molecule has 0 aromatic carbocycles. The molecular formula is C17H32. The van der Waals surface area contributed by atoms with Crippen molar-refractivity contribution < 1.29 is 0 Å². The van der Waals surface area contributed by atoms with Crippen LogP contribution in [0.15, 0.2) is 24.8 Å². The number of rotatable bonds is 13. The highest BCUT2D eigenvalue weighted by Crippen LogP contribution is 2.10. The second-order valence-corrected chi connectivity index (χ2v) is 4.95. The molecule has 0 aromatic rings. The van der Waals surface area contributed by atoms with E-state index in [1.165, 1.54) is 77.0 Å². The van der Waals surface area contributed by atoms with Gasteiger partial charge in [0.2, 0.25) is 0 Å². The average Bonchev–Trinajstić information content (AvgIpc) is 2.35. The Hall–Kier alpha value is -0.520. The molecule has 0 aliphatic carbocycles. The topological polar surface area (TPSA) is 0 Å². The van der Waals surface area contributed by atoms with Gasteiger partial charge in [-0.2, -0.15) is 0 Å². The molecule has 0 saturated heterocycles. The van der Waals surface area contributed by atoms with Crippen LogP contribution in [-0.2, 0) is 0 Å². The number of hydrogen-bond donors (Lipinski definition) is 0. The molecular weight excluding hydrogens is 204 g/mol. The second kappa shape index (κ2) is 15.5. The van der Waals surface area contributed by atoms with Crippen LogP contribution in [0.1, 0.15) is 84.0 Å². The van der Waals surface area contributed by atoms with Gasteiger partial charge in [0.1, 0.15) is 0 Å². The molecule has 0 N–H and O–H groups in total. The predicted octanol–water partition coefficient (Wildman–Crippen LogP) is 6.43. The summed E-state index contributed by atoms with van der Waals surface area (Å²) in [5, 5.41) is 0. The van der Waals surface area contributed by atoms with Gasteiger partial charge >= 0.3 is 0 Å². The normalized spacial score (nSPS) is 11.1. The number of allylic oxidation sites excluding steroid dienone is 3. The fourth-order valence-corrected chi connectivity index (χ4v) is 2.01. The fourth-order valence-electron chi connectivity index (χ4n) is 2.01. The minimum absolute atomic E-state index is 1.20. The molecule has 0 heterocycles. The molecule has 0 amide bonds. The number of hydrogen-bond acceptors (Lipinski definition) is 0. The van der Waals surface area contributed by atoms with Crippen LogP contribution < -0.4 is 0 Å². The monoisotopic (exact) mass is 236 g/mol. The van der Waals surface area contributed by atoms with E-state index < -0.39 is 0 Å². The Bertz CT molecular complexity index is 167. The predicted molar refractivity (Wildman–Crippen MR) is 80.4 cm³/mol. The SMILES string of the molecule is C=CCCCCCCCCCC/C=C/CCC. The fraction of sp³-hybridized carbons (Fsp3) is 0.765. The maximum Gasteiger partial charge on any atom is -0.0351 e. The van der Waals surface area contributed by atoms with Crippen LogP contribution in [0.4, 0.5) is 0 Å². The third-order valence-electron chi connectivity index (χ3n) is 3.15. The molecule has 0 atom stereocenters. The molecule has 0 rings (SSSR count). The van der Waals surface area contributed by atoms with Crippen LogP contribution >= 0.6 is 0 Å². The summed E-state index contributed by atoms with van der Waals surface area (Å²) >= 11 is 0. The van der Waals surface area contributed by atoms with Gasteiger partial charge in [-0.1, -0.05) is 70.1 Å². The lowest BCUT2D eigenvalue weighted by atomic mass is 10.1. The van der Waals surface area contributed by atoms with Gasteiger partial charge in [-0.25, -0.2) is 0 Å². The van der Waals surface area contributed by atoms with Crippen molar-refractivity contribution in [1.82, 2.24) is 0 Å². The van der Waals surface area contributed by atoms with Crippen LogP contribution in [0, 0.1) is 0 Å². The van der Waals surface area contributed by atoms with Gasteiger partial charge in [0, 0.05) is 0 Å². The van der Waals surface area contributed by atoms with E-state index >= 15 is 0 Å². The molecule has 0 aromatic heterocycles. The maximum atomic E-state index is 3.75. The van der Waals surface area contributed by atoms with Crippen molar-refractivity contribution in [3.8, 4) is 0 Å². The summed E-state index contributed by atoms with van der Waals surface area (Å²) in [6.07, 6.45) is 23.0. The van der Waals surface area contributed by atoms with Crippen molar-refractivity contribution in [3.63, 3.8) is 0 Å². The third kappa shape index (κ3) is 15.5. The summed E-state index contributed by atoms with van der Waals surface area (Å²) in [5.41, 5.74) is 0. The molecule has 0 nitrogen and oxygen atoms in total. The van der Waals surface area contributed by atoms with Crippen LogP contribution in [-0.4, -0.2) is 0 Å². The Balaban J connectivity index is 2.96. The molecule has 17 heavy (non-hydrogen) atoms. The molecule has 0 fully saturated rings. The first-order chi connectivity index (χ1) is 8.41. The second-order valence-electron chi connectivity index (χ2n) is 4.95. The van der Waals surface area contributed by atoms with Gasteiger partial charge in [-0.15, -0.1) is 6.58 Å². The quantitative estimate of drug-likeness (QED) is 0.255. The van der Waals surface area contributed by atoms with Crippen molar-refractivity contribution in [3.05, 3.63) is 24.8 Å². The van der Waals surface area contributed by atoms with E-state index in [4.69, 9.17) is 0 Å². The highest BCUT2D eigenvalue weighted by Gasteiger charge is 1.91. The van der Waals surface area contributed by atoms with E-state index in [9.17, 15) is 0 Å². The lowest BCUT2D eigenvalue weighted by Gasteiger charge is -2.00. The van der Waals surface area contributed by atoms with Gasteiger partial charge in [0.15, 0.2) is 0 Å². The summed E-state index contributed by atoms with van der Waals surface area (Å²) in [4.78, 5) is 0. The van der Waals surface area contributed by atoms with Crippen LogP contribution in [0.2, 0.25) is 0 Å². The summed E-state index contributed by atoms with van der Waals surface area (Å²) in [6.45, 7) is 5.98. The molecule has 100 valence electrons. The van der Waals surface area contributed by atoms with Gasteiger partial charge in [0.05, 0.1) is 0 Å². The summed E-state index contributed by atoms with van der Waals surface area (Å²) in [5.74, 6) is 0. The standard InChI is InChI=1S/C17H32/c1-3-5-7-9-11-13-15-17-16-14-12-10-8-6-4-2/h3,8,10H,1,4-7,9,11-17H2,2H3/b10-8+. The van der Waals surface area contributed by atoms with Crippen molar-refractivity contribution >= 4 is 0 Å². The largest absolute Gasteiger partial charge is 0.103 e. The zero-order chi connectivity index (χ0) is 12.6. The van der Waals surface area contributed by atoms with Crippen LogP contribution in [0.25, 0.3) is 0 Å². The molecule has 0 aliphatic rings. The van der Waals surface area contributed by atoms with E-state index in [2.05, 4.69) is 25.7 Å². The van der Waals surface area contributed by atoms with E-state index in [1.807, 2.05) is 6.08 Å². The lowest BCUT2D eigenvalue weighted by molar-refractivity contribution is 0.571. The lowest BCUT2D eigenvalue weighted by Crippen LogP contribution is -1.80. The van der Waals surface area contributed by atoms with Crippen molar-refractivity contribution in [2.24, 2.45) is 0 Å². The van der Waals surface area contributed by atoms with Crippen molar-refractivity contribution in [2.45, 2.75) is 84.0 Å². The first-order valence-electron chi connectivity index (χ1n) is 7.67. The molecule has 0 aliphatic heterocycles. The van der Waals surface area contributed by atoms with Crippen molar-refractivity contribution in [1.29, 1.82) is 0 Å². The Kier molecular flexibility index (Phi) is 15.0. The zero-order valence-electron chi connectivity index (χ0n) is 11.9. The third-order valence-corrected chi connectivity index (χ3v) is 3.15. The highest BCUT2D eigenvalue weighted by molar-refractivity contribution is 4.80. The van der Waals surface area contributed by atoms with Gasteiger partial charge in [-0.05, 0) is 32.1 Å².